The number of hydrogen-bond acceptors (Lipinski definition) is 5. The van der Waals surface area contributed by atoms with Crippen LogP contribution in [0, 0.1) is 13.8 Å². The number of hydrogen-bond donors (Lipinski definition) is 1. The molecular formula is C24H21NO5. The molecule has 0 radical (unpaired) electrons. The fourth-order valence-electron chi connectivity index (χ4n) is 3.06. The molecule has 0 aliphatic carbocycles. The second kappa shape index (κ2) is 8.29. The van der Waals surface area contributed by atoms with Crippen molar-refractivity contribution in [1.82, 2.24) is 0 Å². The lowest BCUT2D eigenvalue weighted by atomic mass is 10.1. The fourth-order valence-corrected chi connectivity index (χ4v) is 3.06. The quantitative estimate of drug-likeness (QED) is 0.519. The Hall–Kier alpha value is -3.80. The van der Waals surface area contributed by atoms with Crippen molar-refractivity contribution in [1.29, 1.82) is 0 Å². The van der Waals surface area contributed by atoms with Crippen LogP contribution in [0.1, 0.15) is 21.5 Å². The van der Waals surface area contributed by atoms with Crippen LogP contribution in [0.5, 0.6) is 17.2 Å². The summed E-state index contributed by atoms with van der Waals surface area (Å²) in [5.74, 6) is 0.634. The summed E-state index contributed by atoms with van der Waals surface area (Å²) >= 11 is 0. The number of aryl methyl sites for hydroxylation is 2. The van der Waals surface area contributed by atoms with Gasteiger partial charge in [-0.15, -0.1) is 0 Å². The molecule has 152 valence electrons. The van der Waals surface area contributed by atoms with Gasteiger partial charge in [0.05, 0.1) is 0 Å². The van der Waals surface area contributed by atoms with Gasteiger partial charge in [-0.1, -0.05) is 24.3 Å². The molecule has 0 fully saturated rings. The van der Waals surface area contributed by atoms with Crippen molar-refractivity contribution in [3.8, 4) is 17.2 Å². The number of nitrogens with one attached hydrogen (secondary N) is 1. The van der Waals surface area contributed by atoms with Crippen LogP contribution in [0.2, 0.25) is 0 Å². The predicted octanol–water partition coefficient (Wildman–Crippen LogP) is 4.30. The van der Waals surface area contributed by atoms with Crippen LogP contribution in [0.3, 0.4) is 0 Å². The van der Waals surface area contributed by atoms with Crippen molar-refractivity contribution in [2.45, 2.75) is 20.0 Å². The number of amides is 1. The molecule has 0 saturated carbocycles. The standard InChI is InChI=1S/C24H21NO5/c1-15-7-8-16(2)19(13-15)25-23(26)17-9-11-18(12-10-17)29-24(27)22-14-28-20-5-3-4-6-21(20)30-22/h3-13,22H,14H2,1-2H3,(H,25,26). The Kier molecular flexibility index (Phi) is 5.39. The number of anilines is 1. The fraction of sp³-hybridized carbons (Fsp3) is 0.167. The van der Waals surface area contributed by atoms with Crippen molar-refractivity contribution in [3.05, 3.63) is 83.4 Å². The van der Waals surface area contributed by atoms with E-state index >= 15 is 0 Å². The maximum absolute atomic E-state index is 12.5. The Labute approximate surface area is 174 Å². The smallest absolute Gasteiger partial charge is 0.356 e. The molecule has 4 rings (SSSR count). The summed E-state index contributed by atoms with van der Waals surface area (Å²) in [5.41, 5.74) is 3.28. The molecule has 1 heterocycles. The third kappa shape index (κ3) is 4.27. The van der Waals surface area contributed by atoms with E-state index in [9.17, 15) is 9.59 Å². The number of ether oxygens (including phenoxy) is 3. The van der Waals surface area contributed by atoms with E-state index in [0.717, 1.165) is 16.8 Å². The van der Waals surface area contributed by atoms with Crippen LogP contribution >= 0.6 is 0 Å². The molecule has 1 amide bonds. The van der Waals surface area contributed by atoms with Crippen molar-refractivity contribution in [3.63, 3.8) is 0 Å². The van der Waals surface area contributed by atoms with E-state index in [4.69, 9.17) is 14.2 Å². The van der Waals surface area contributed by atoms with Gasteiger partial charge < -0.3 is 19.5 Å². The zero-order chi connectivity index (χ0) is 21.1. The Morgan fingerprint density at radius 3 is 2.47 bits per heavy atom. The first-order valence-corrected chi connectivity index (χ1v) is 9.58. The summed E-state index contributed by atoms with van der Waals surface area (Å²) in [6.07, 6.45) is -0.854. The monoisotopic (exact) mass is 403 g/mol. The molecule has 1 atom stereocenters. The molecule has 3 aromatic rings. The molecule has 1 aliphatic rings. The number of para-hydroxylation sites is 2. The largest absolute Gasteiger partial charge is 0.485 e. The summed E-state index contributed by atoms with van der Waals surface area (Å²) < 4.78 is 16.6. The molecule has 30 heavy (non-hydrogen) atoms. The highest BCUT2D eigenvalue weighted by atomic mass is 16.6. The van der Waals surface area contributed by atoms with Crippen molar-refractivity contribution in [2.24, 2.45) is 0 Å². The highest BCUT2D eigenvalue weighted by molar-refractivity contribution is 6.04. The Bertz CT molecular complexity index is 1090. The Morgan fingerprint density at radius 1 is 0.967 bits per heavy atom. The summed E-state index contributed by atoms with van der Waals surface area (Å²) in [5, 5.41) is 2.91. The topological polar surface area (TPSA) is 73.9 Å². The summed E-state index contributed by atoms with van der Waals surface area (Å²) in [4.78, 5) is 24.9. The minimum atomic E-state index is -0.854. The number of esters is 1. The van der Waals surface area contributed by atoms with Crippen LogP contribution in [0.4, 0.5) is 5.69 Å². The molecule has 0 aromatic heterocycles. The van der Waals surface area contributed by atoms with E-state index in [0.29, 0.717) is 22.8 Å². The Balaban J connectivity index is 1.38. The molecule has 1 aliphatic heterocycles. The highest BCUT2D eigenvalue weighted by Crippen LogP contribution is 2.31. The van der Waals surface area contributed by atoms with Crippen LogP contribution in [0.25, 0.3) is 0 Å². The van der Waals surface area contributed by atoms with Crippen molar-refractivity contribution < 1.29 is 23.8 Å². The molecule has 1 unspecified atom stereocenters. The van der Waals surface area contributed by atoms with Crippen LogP contribution in [0.15, 0.2) is 66.7 Å². The van der Waals surface area contributed by atoms with E-state index in [-0.39, 0.29) is 12.5 Å². The van der Waals surface area contributed by atoms with Gasteiger partial charge in [-0.3, -0.25) is 4.79 Å². The number of carbonyl (C=O) groups is 2. The third-order valence-electron chi connectivity index (χ3n) is 4.75. The average Bonchev–Trinajstić information content (AvgIpc) is 2.76. The van der Waals surface area contributed by atoms with Crippen LogP contribution < -0.4 is 19.5 Å². The first-order chi connectivity index (χ1) is 14.5. The van der Waals surface area contributed by atoms with E-state index < -0.39 is 12.1 Å². The molecule has 6 heteroatoms. The van der Waals surface area contributed by atoms with E-state index in [1.165, 1.54) is 0 Å². The van der Waals surface area contributed by atoms with Crippen LogP contribution in [-0.4, -0.2) is 24.6 Å². The number of carbonyl (C=O) groups excluding carboxylic acids is 2. The summed E-state index contributed by atoms with van der Waals surface area (Å²) in [6, 6.07) is 19.4. The van der Waals surface area contributed by atoms with Gasteiger partial charge in [-0.2, -0.15) is 0 Å². The van der Waals surface area contributed by atoms with Crippen molar-refractivity contribution >= 4 is 17.6 Å². The van der Waals surface area contributed by atoms with Gasteiger partial charge in [0.1, 0.15) is 12.4 Å². The van der Waals surface area contributed by atoms with Crippen molar-refractivity contribution in [2.75, 3.05) is 11.9 Å². The second-order valence-corrected chi connectivity index (χ2v) is 7.08. The van der Waals surface area contributed by atoms with Gasteiger partial charge in [-0.25, -0.2) is 4.79 Å². The van der Waals surface area contributed by atoms with Gasteiger partial charge in [-0.05, 0) is 67.4 Å². The molecule has 0 spiro atoms. The second-order valence-electron chi connectivity index (χ2n) is 7.08. The molecular weight excluding hydrogens is 382 g/mol. The van der Waals surface area contributed by atoms with Gasteiger partial charge in [0, 0.05) is 11.3 Å². The van der Waals surface area contributed by atoms with E-state index in [1.807, 2.05) is 38.1 Å². The van der Waals surface area contributed by atoms with E-state index in [2.05, 4.69) is 5.32 Å². The SMILES string of the molecule is Cc1ccc(C)c(NC(=O)c2ccc(OC(=O)C3COc4ccccc4O3)cc2)c1. The van der Waals surface area contributed by atoms with Gasteiger partial charge in [0.2, 0.25) is 6.10 Å². The third-order valence-corrected chi connectivity index (χ3v) is 4.75. The lowest BCUT2D eigenvalue weighted by molar-refractivity contribution is -0.144. The Morgan fingerprint density at radius 2 is 1.70 bits per heavy atom. The molecule has 0 saturated heterocycles. The maximum Gasteiger partial charge on any atom is 0.356 e. The number of fused-ring (bicyclic) bond motifs is 1. The minimum Gasteiger partial charge on any atom is -0.485 e. The lowest BCUT2D eigenvalue weighted by Crippen LogP contribution is -2.39. The first kappa shape index (κ1) is 19.5. The molecule has 1 N–H and O–H groups in total. The molecule has 0 bridgehead atoms. The van der Waals surface area contributed by atoms with Gasteiger partial charge in [0.15, 0.2) is 11.5 Å². The summed E-state index contributed by atoms with van der Waals surface area (Å²) in [6.45, 7) is 3.98. The maximum atomic E-state index is 12.5. The number of benzene rings is 3. The zero-order valence-electron chi connectivity index (χ0n) is 16.7. The highest BCUT2D eigenvalue weighted by Gasteiger charge is 2.29. The van der Waals surface area contributed by atoms with E-state index in [1.54, 1.807) is 42.5 Å². The lowest BCUT2D eigenvalue weighted by Gasteiger charge is -2.24. The van der Waals surface area contributed by atoms with Gasteiger partial charge >= 0.3 is 5.97 Å². The molecule has 6 nitrogen and oxygen atoms in total. The number of rotatable bonds is 4. The normalized spacial score (nSPS) is 14.7. The minimum absolute atomic E-state index is 0.0756. The summed E-state index contributed by atoms with van der Waals surface area (Å²) in [7, 11) is 0. The predicted molar refractivity (Wildman–Crippen MR) is 112 cm³/mol. The molecule has 3 aromatic carbocycles. The average molecular weight is 403 g/mol. The van der Waals surface area contributed by atoms with Gasteiger partial charge in [0.25, 0.3) is 5.91 Å². The van der Waals surface area contributed by atoms with Crippen LogP contribution in [-0.2, 0) is 4.79 Å². The zero-order valence-corrected chi connectivity index (χ0v) is 16.7. The first-order valence-electron chi connectivity index (χ1n) is 9.58.